The van der Waals surface area contributed by atoms with Gasteiger partial charge in [0.2, 0.25) is 0 Å². The molecule has 5 nitrogen and oxygen atoms in total. The molecule has 1 aliphatic carbocycles. The standard InChI is InChI=1S/C14H23N5/c1-18-6-7-19(11(8-15)9-18)14-12-4-2-3-5-13(12)16-10-17-14/h10-11H,2-9,15H2,1H3. The molecule has 0 bridgehead atoms. The van der Waals surface area contributed by atoms with Gasteiger partial charge in [0.05, 0.1) is 6.04 Å². The van der Waals surface area contributed by atoms with Crippen LogP contribution >= 0.6 is 0 Å². The Balaban J connectivity index is 1.92. The van der Waals surface area contributed by atoms with Gasteiger partial charge < -0.3 is 15.5 Å². The molecule has 0 radical (unpaired) electrons. The summed E-state index contributed by atoms with van der Waals surface area (Å²) in [5, 5.41) is 0. The van der Waals surface area contributed by atoms with Crippen molar-refractivity contribution in [3.8, 4) is 0 Å². The molecular weight excluding hydrogens is 238 g/mol. The molecule has 5 heteroatoms. The van der Waals surface area contributed by atoms with E-state index in [1.54, 1.807) is 6.33 Å². The van der Waals surface area contributed by atoms with E-state index in [0.29, 0.717) is 12.6 Å². The predicted molar refractivity (Wildman–Crippen MR) is 76.4 cm³/mol. The molecule has 1 saturated heterocycles. The lowest BCUT2D eigenvalue weighted by atomic mass is 9.95. The molecule has 1 aromatic rings. The highest BCUT2D eigenvalue weighted by molar-refractivity contribution is 5.51. The quantitative estimate of drug-likeness (QED) is 0.837. The highest BCUT2D eigenvalue weighted by Gasteiger charge is 2.28. The molecule has 0 saturated carbocycles. The van der Waals surface area contributed by atoms with Gasteiger partial charge in [-0.15, -0.1) is 0 Å². The van der Waals surface area contributed by atoms with Gasteiger partial charge in [-0.2, -0.15) is 0 Å². The van der Waals surface area contributed by atoms with Crippen LogP contribution in [-0.4, -0.2) is 54.1 Å². The maximum Gasteiger partial charge on any atom is 0.135 e. The Morgan fingerprint density at radius 1 is 1.26 bits per heavy atom. The van der Waals surface area contributed by atoms with Crippen molar-refractivity contribution in [1.82, 2.24) is 14.9 Å². The fraction of sp³-hybridized carbons (Fsp3) is 0.714. The van der Waals surface area contributed by atoms with E-state index in [1.807, 2.05) is 0 Å². The highest BCUT2D eigenvalue weighted by Crippen LogP contribution is 2.28. The Labute approximate surface area is 114 Å². The molecule has 0 aromatic carbocycles. The first kappa shape index (κ1) is 12.8. The first-order chi connectivity index (χ1) is 9.29. The van der Waals surface area contributed by atoms with E-state index in [9.17, 15) is 0 Å². The normalized spacial score (nSPS) is 24.3. The number of anilines is 1. The van der Waals surface area contributed by atoms with Crippen LogP contribution in [-0.2, 0) is 12.8 Å². The van der Waals surface area contributed by atoms with E-state index in [-0.39, 0.29) is 0 Å². The molecular formula is C14H23N5. The molecule has 104 valence electrons. The van der Waals surface area contributed by atoms with Crippen LogP contribution in [0.4, 0.5) is 5.82 Å². The maximum absolute atomic E-state index is 5.96. The second kappa shape index (κ2) is 5.43. The van der Waals surface area contributed by atoms with Crippen LogP contribution in [0.1, 0.15) is 24.1 Å². The number of hydrogen-bond acceptors (Lipinski definition) is 5. The molecule has 2 aliphatic rings. The van der Waals surface area contributed by atoms with Crippen LogP contribution in [0.2, 0.25) is 0 Å². The summed E-state index contributed by atoms with van der Waals surface area (Å²) in [5.74, 6) is 1.15. The van der Waals surface area contributed by atoms with E-state index in [4.69, 9.17) is 5.73 Å². The summed E-state index contributed by atoms with van der Waals surface area (Å²) in [4.78, 5) is 13.8. The smallest absolute Gasteiger partial charge is 0.135 e. The van der Waals surface area contributed by atoms with Crippen LogP contribution in [0.25, 0.3) is 0 Å². The van der Waals surface area contributed by atoms with Crippen molar-refractivity contribution in [2.24, 2.45) is 5.73 Å². The van der Waals surface area contributed by atoms with E-state index >= 15 is 0 Å². The van der Waals surface area contributed by atoms with Crippen molar-refractivity contribution >= 4 is 5.82 Å². The van der Waals surface area contributed by atoms with Gasteiger partial charge in [0.15, 0.2) is 0 Å². The van der Waals surface area contributed by atoms with Crippen LogP contribution in [0.5, 0.6) is 0 Å². The molecule has 1 unspecified atom stereocenters. The first-order valence-corrected chi connectivity index (χ1v) is 7.27. The average Bonchev–Trinajstić information content (AvgIpc) is 2.46. The van der Waals surface area contributed by atoms with E-state index in [2.05, 4.69) is 26.8 Å². The minimum absolute atomic E-state index is 0.375. The van der Waals surface area contributed by atoms with Crippen molar-refractivity contribution in [3.05, 3.63) is 17.6 Å². The van der Waals surface area contributed by atoms with Crippen molar-refractivity contribution < 1.29 is 0 Å². The van der Waals surface area contributed by atoms with E-state index in [1.165, 1.54) is 24.1 Å². The van der Waals surface area contributed by atoms with Gasteiger partial charge >= 0.3 is 0 Å². The number of piperazine rings is 1. The topological polar surface area (TPSA) is 58.3 Å². The summed E-state index contributed by atoms with van der Waals surface area (Å²) >= 11 is 0. The lowest BCUT2D eigenvalue weighted by Gasteiger charge is -2.41. The summed E-state index contributed by atoms with van der Waals surface area (Å²) in [5.41, 5.74) is 8.59. The zero-order valence-corrected chi connectivity index (χ0v) is 11.7. The minimum atomic E-state index is 0.375. The van der Waals surface area contributed by atoms with Gasteiger partial charge in [-0.1, -0.05) is 0 Å². The second-order valence-electron chi connectivity index (χ2n) is 5.67. The molecule has 1 fully saturated rings. The van der Waals surface area contributed by atoms with Gasteiger partial charge in [0, 0.05) is 37.4 Å². The third-order valence-corrected chi connectivity index (χ3v) is 4.33. The molecule has 2 heterocycles. The van der Waals surface area contributed by atoms with Crippen molar-refractivity contribution in [3.63, 3.8) is 0 Å². The van der Waals surface area contributed by atoms with E-state index in [0.717, 1.165) is 38.3 Å². The summed E-state index contributed by atoms with van der Waals surface area (Å²) < 4.78 is 0. The number of likely N-dealkylation sites (N-methyl/N-ethyl adjacent to an activating group) is 1. The largest absolute Gasteiger partial charge is 0.349 e. The van der Waals surface area contributed by atoms with Crippen LogP contribution in [0.3, 0.4) is 0 Å². The number of rotatable bonds is 2. The van der Waals surface area contributed by atoms with Gasteiger partial charge in [-0.25, -0.2) is 9.97 Å². The van der Waals surface area contributed by atoms with Crippen LogP contribution < -0.4 is 10.6 Å². The highest BCUT2D eigenvalue weighted by atomic mass is 15.3. The Morgan fingerprint density at radius 3 is 2.95 bits per heavy atom. The summed E-state index contributed by atoms with van der Waals surface area (Å²) in [6.07, 6.45) is 6.47. The SMILES string of the molecule is CN1CCN(c2ncnc3c2CCCC3)C(CN)C1. The Bertz CT molecular complexity index is 447. The summed E-state index contributed by atoms with van der Waals surface area (Å²) in [6.45, 7) is 3.80. The third-order valence-electron chi connectivity index (χ3n) is 4.33. The van der Waals surface area contributed by atoms with Gasteiger partial charge in [0.25, 0.3) is 0 Å². The summed E-state index contributed by atoms with van der Waals surface area (Å²) in [7, 11) is 2.16. The zero-order valence-electron chi connectivity index (χ0n) is 11.7. The monoisotopic (exact) mass is 261 g/mol. The van der Waals surface area contributed by atoms with Crippen molar-refractivity contribution in [2.45, 2.75) is 31.7 Å². The van der Waals surface area contributed by atoms with Crippen LogP contribution in [0, 0.1) is 0 Å². The Hall–Kier alpha value is -1.20. The molecule has 0 amide bonds. The van der Waals surface area contributed by atoms with Gasteiger partial charge in [0.1, 0.15) is 12.1 Å². The average molecular weight is 261 g/mol. The lowest BCUT2D eigenvalue weighted by molar-refractivity contribution is 0.268. The number of aryl methyl sites for hydroxylation is 1. The molecule has 1 atom stereocenters. The number of hydrogen-bond donors (Lipinski definition) is 1. The Kier molecular flexibility index (Phi) is 3.66. The second-order valence-corrected chi connectivity index (χ2v) is 5.67. The predicted octanol–water partition coefficient (Wildman–Crippen LogP) is 0.435. The minimum Gasteiger partial charge on any atom is -0.349 e. The summed E-state index contributed by atoms with van der Waals surface area (Å²) in [6, 6.07) is 0.375. The fourth-order valence-electron chi connectivity index (χ4n) is 3.24. The Morgan fingerprint density at radius 2 is 2.11 bits per heavy atom. The number of fused-ring (bicyclic) bond motifs is 1. The molecule has 3 rings (SSSR count). The molecule has 1 aromatic heterocycles. The first-order valence-electron chi connectivity index (χ1n) is 7.27. The van der Waals surface area contributed by atoms with Gasteiger partial charge in [-0.05, 0) is 32.7 Å². The lowest BCUT2D eigenvalue weighted by Crippen LogP contribution is -2.55. The van der Waals surface area contributed by atoms with Gasteiger partial charge in [-0.3, -0.25) is 0 Å². The van der Waals surface area contributed by atoms with Crippen LogP contribution in [0.15, 0.2) is 6.33 Å². The van der Waals surface area contributed by atoms with Crippen molar-refractivity contribution in [2.75, 3.05) is 38.1 Å². The number of nitrogens with two attached hydrogens (primary N) is 1. The van der Waals surface area contributed by atoms with Crippen molar-refractivity contribution in [1.29, 1.82) is 0 Å². The zero-order chi connectivity index (χ0) is 13.2. The molecule has 2 N–H and O–H groups in total. The molecule has 1 aliphatic heterocycles. The third kappa shape index (κ3) is 2.44. The number of nitrogens with zero attached hydrogens (tertiary/aromatic N) is 4. The maximum atomic E-state index is 5.96. The van der Waals surface area contributed by atoms with E-state index < -0.39 is 0 Å². The fourth-order valence-corrected chi connectivity index (χ4v) is 3.24. The molecule has 0 spiro atoms. The number of aromatic nitrogens is 2. The molecule has 19 heavy (non-hydrogen) atoms.